The number of benzene rings is 2. The molecule has 2 aromatic carbocycles. The monoisotopic (exact) mass is 492 g/mol. The second-order valence-corrected chi connectivity index (χ2v) is 9.45. The highest BCUT2D eigenvalue weighted by Crippen LogP contribution is 2.27. The molecule has 150 valence electrons. The quantitative estimate of drug-likeness (QED) is 0.457. The minimum atomic E-state index is -3.80. The minimum absolute atomic E-state index is 0.00701. The van der Waals surface area contributed by atoms with Crippen LogP contribution < -0.4 is 10.0 Å². The Kier molecular flexibility index (Phi) is 7.24. The van der Waals surface area contributed by atoms with E-state index < -0.39 is 10.0 Å². The number of carbonyl (C=O) groups excluding carboxylic acids is 1. The fourth-order valence-corrected chi connectivity index (χ4v) is 4.76. The van der Waals surface area contributed by atoms with E-state index in [0.717, 1.165) is 9.37 Å². The number of thioether (sulfide) groups is 1. The van der Waals surface area contributed by atoms with Crippen LogP contribution in [0, 0.1) is 0 Å². The highest BCUT2D eigenvalue weighted by Gasteiger charge is 2.15. The zero-order valence-corrected chi connectivity index (χ0v) is 18.3. The van der Waals surface area contributed by atoms with E-state index in [9.17, 15) is 13.2 Å². The maximum absolute atomic E-state index is 12.4. The summed E-state index contributed by atoms with van der Waals surface area (Å²) >= 11 is 5.06. The lowest BCUT2D eigenvalue weighted by Gasteiger charge is -2.09. The number of nitrogens with zero attached hydrogens (tertiary/aromatic N) is 2. The van der Waals surface area contributed by atoms with Crippen LogP contribution in [0.4, 0.5) is 11.6 Å². The van der Waals surface area contributed by atoms with E-state index in [0.29, 0.717) is 17.9 Å². The van der Waals surface area contributed by atoms with Crippen molar-refractivity contribution in [2.75, 3.05) is 15.8 Å². The zero-order valence-electron chi connectivity index (χ0n) is 15.1. The number of aromatic nitrogens is 2. The first kappa shape index (κ1) is 21.3. The standard InChI is InChI=1S/C19H17BrN4O3S2/c20-16-4-1-2-5-17(16)28-13-10-18(25)23-14-6-8-15(9-7-14)29(26,27)24-19-21-11-3-12-22-19/h1-9,11-12H,10,13H2,(H,23,25)(H,21,22,24). The van der Waals surface area contributed by atoms with Crippen LogP contribution in [-0.4, -0.2) is 30.0 Å². The minimum Gasteiger partial charge on any atom is -0.326 e. The fourth-order valence-electron chi connectivity index (χ4n) is 2.29. The predicted molar refractivity (Wildman–Crippen MR) is 117 cm³/mol. The van der Waals surface area contributed by atoms with Gasteiger partial charge >= 0.3 is 0 Å². The van der Waals surface area contributed by atoms with Gasteiger partial charge in [-0.3, -0.25) is 4.79 Å². The molecule has 3 aromatic rings. The van der Waals surface area contributed by atoms with Crippen LogP contribution >= 0.6 is 27.7 Å². The van der Waals surface area contributed by atoms with Crippen molar-refractivity contribution in [1.29, 1.82) is 0 Å². The first-order valence-electron chi connectivity index (χ1n) is 8.51. The molecule has 0 aliphatic heterocycles. The molecule has 1 heterocycles. The molecule has 1 amide bonds. The summed E-state index contributed by atoms with van der Waals surface area (Å²) in [5.74, 6) is 0.477. The van der Waals surface area contributed by atoms with Crippen molar-refractivity contribution in [2.24, 2.45) is 0 Å². The Morgan fingerprint density at radius 3 is 2.38 bits per heavy atom. The van der Waals surface area contributed by atoms with Gasteiger partial charge < -0.3 is 5.32 Å². The summed E-state index contributed by atoms with van der Waals surface area (Å²) in [6, 6.07) is 15.3. The lowest BCUT2D eigenvalue weighted by Crippen LogP contribution is -2.15. The van der Waals surface area contributed by atoms with E-state index in [2.05, 4.69) is 35.9 Å². The number of sulfonamides is 1. The maximum atomic E-state index is 12.4. The number of rotatable bonds is 8. The molecule has 1 aromatic heterocycles. The molecule has 2 N–H and O–H groups in total. The van der Waals surface area contributed by atoms with E-state index in [1.165, 1.54) is 24.5 Å². The second-order valence-electron chi connectivity index (χ2n) is 5.78. The largest absolute Gasteiger partial charge is 0.326 e. The number of hydrogen-bond acceptors (Lipinski definition) is 6. The Morgan fingerprint density at radius 1 is 1.00 bits per heavy atom. The van der Waals surface area contributed by atoms with Crippen LogP contribution in [0.3, 0.4) is 0 Å². The van der Waals surface area contributed by atoms with Crippen LogP contribution in [0.5, 0.6) is 0 Å². The fraction of sp³-hybridized carbons (Fsp3) is 0.105. The van der Waals surface area contributed by atoms with Crippen LogP contribution in [0.25, 0.3) is 0 Å². The van der Waals surface area contributed by atoms with Gasteiger partial charge in [0, 0.05) is 39.6 Å². The predicted octanol–water partition coefficient (Wildman–Crippen LogP) is 4.16. The number of nitrogens with one attached hydrogen (secondary N) is 2. The number of halogens is 1. The molecule has 0 aliphatic rings. The van der Waals surface area contributed by atoms with Gasteiger partial charge in [0.05, 0.1) is 4.90 Å². The second kappa shape index (κ2) is 9.86. The molecule has 0 unspecified atom stereocenters. The molecular weight excluding hydrogens is 476 g/mol. The van der Waals surface area contributed by atoms with Gasteiger partial charge in [0.1, 0.15) is 0 Å². The van der Waals surface area contributed by atoms with Gasteiger partial charge in [-0.15, -0.1) is 11.8 Å². The number of carbonyl (C=O) groups is 1. The smallest absolute Gasteiger partial charge is 0.264 e. The van der Waals surface area contributed by atoms with Gasteiger partial charge in [-0.2, -0.15) is 0 Å². The molecule has 0 saturated carbocycles. The summed E-state index contributed by atoms with van der Waals surface area (Å²) in [5.41, 5.74) is 0.524. The lowest BCUT2D eigenvalue weighted by molar-refractivity contribution is -0.115. The number of amides is 1. The molecule has 0 spiro atoms. The highest BCUT2D eigenvalue weighted by atomic mass is 79.9. The SMILES string of the molecule is O=C(CCSc1ccccc1Br)Nc1ccc(S(=O)(=O)Nc2ncccn2)cc1. The normalized spacial score (nSPS) is 11.1. The summed E-state index contributed by atoms with van der Waals surface area (Å²) in [7, 11) is -3.80. The van der Waals surface area contributed by atoms with Crippen molar-refractivity contribution >= 4 is 55.3 Å². The van der Waals surface area contributed by atoms with E-state index in [-0.39, 0.29) is 16.8 Å². The molecule has 0 radical (unpaired) electrons. The van der Waals surface area contributed by atoms with Crippen LogP contribution in [0.15, 0.2) is 81.3 Å². The van der Waals surface area contributed by atoms with Crippen molar-refractivity contribution in [2.45, 2.75) is 16.2 Å². The third-order valence-corrected chi connectivity index (χ3v) is 7.04. The Morgan fingerprint density at radius 2 is 1.69 bits per heavy atom. The summed E-state index contributed by atoms with van der Waals surface area (Å²) < 4.78 is 28.0. The molecule has 0 saturated heterocycles. The molecular formula is C19H17BrN4O3S2. The van der Waals surface area contributed by atoms with Gasteiger partial charge in [-0.1, -0.05) is 12.1 Å². The average Bonchev–Trinajstić information content (AvgIpc) is 2.70. The Bertz CT molecular complexity index is 1080. The Labute approximate surface area is 181 Å². The zero-order chi connectivity index (χ0) is 20.7. The van der Waals surface area contributed by atoms with Gasteiger partial charge in [0.25, 0.3) is 10.0 Å². The summed E-state index contributed by atoms with van der Waals surface area (Å²) in [6.07, 6.45) is 3.22. The van der Waals surface area contributed by atoms with Gasteiger partial charge in [-0.25, -0.2) is 23.1 Å². The summed E-state index contributed by atoms with van der Waals surface area (Å²) in [6.45, 7) is 0. The van der Waals surface area contributed by atoms with Crippen molar-refractivity contribution < 1.29 is 13.2 Å². The van der Waals surface area contributed by atoms with Crippen molar-refractivity contribution in [3.63, 3.8) is 0 Å². The Hall–Kier alpha value is -2.43. The summed E-state index contributed by atoms with van der Waals surface area (Å²) in [4.78, 5) is 20.9. The van der Waals surface area contributed by atoms with Crippen LogP contribution in [0.2, 0.25) is 0 Å². The first-order valence-corrected chi connectivity index (χ1v) is 11.8. The molecule has 7 nitrogen and oxygen atoms in total. The molecule has 0 aliphatic carbocycles. The van der Waals surface area contributed by atoms with E-state index >= 15 is 0 Å². The van der Waals surface area contributed by atoms with Crippen LogP contribution in [-0.2, 0) is 14.8 Å². The molecule has 3 rings (SSSR count). The van der Waals surface area contributed by atoms with E-state index in [1.807, 2.05) is 24.3 Å². The van der Waals surface area contributed by atoms with Gasteiger partial charge in [0.15, 0.2) is 0 Å². The van der Waals surface area contributed by atoms with Crippen LogP contribution in [0.1, 0.15) is 6.42 Å². The number of hydrogen-bond donors (Lipinski definition) is 2. The topological polar surface area (TPSA) is 101 Å². The Balaban J connectivity index is 1.53. The maximum Gasteiger partial charge on any atom is 0.264 e. The van der Waals surface area contributed by atoms with Crippen molar-refractivity contribution in [3.05, 3.63) is 71.5 Å². The molecule has 0 fully saturated rings. The van der Waals surface area contributed by atoms with Crippen molar-refractivity contribution in [3.8, 4) is 0 Å². The number of anilines is 2. The molecule has 0 bridgehead atoms. The van der Waals surface area contributed by atoms with E-state index in [1.54, 1.807) is 30.0 Å². The molecule has 29 heavy (non-hydrogen) atoms. The van der Waals surface area contributed by atoms with Gasteiger partial charge in [0.2, 0.25) is 11.9 Å². The third kappa shape index (κ3) is 6.28. The molecule has 10 heteroatoms. The first-order chi connectivity index (χ1) is 13.9. The lowest BCUT2D eigenvalue weighted by atomic mass is 10.3. The molecule has 0 atom stereocenters. The van der Waals surface area contributed by atoms with Gasteiger partial charge in [-0.05, 0) is 58.4 Å². The van der Waals surface area contributed by atoms with E-state index in [4.69, 9.17) is 0 Å². The average molecular weight is 493 g/mol. The van der Waals surface area contributed by atoms with Crippen molar-refractivity contribution in [1.82, 2.24) is 9.97 Å². The summed E-state index contributed by atoms with van der Waals surface area (Å²) in [5, 5.41) is 2.77. The third-order valence-electron chi connectivity index (χ3n) is 3.66. The highest BCUT2D eigenvalue weighted by molar-refractivity contribution is 9.10.